The normalized spacial score (nSPS) is 11.1. The second-order valence-electron chi connectivity index (χ2n) is 4.82. The molecule has 126 valence electrons. The minimum Gasteiger partial charge on any atom is -0.496 e. The molecule has 24 heavy (non-hydrogen) atoms. The van der Waals surface area contributed by atoms with Crippen LogP contribution in [0.3, 0.4) is 0 Å². The molecule has 6 heteroatoms. The van der Waals surface area contributed by atoms with E-state index in [0.717, 1.165) is 4.47 Å². The molecule has 0 heterocycles. The van der Waals surface area contributed by atoms with Crippen LogP contribution in [0.25, 0.3) is 11.6 Å². The number of ether oxygens (including phenoxy) is 3. The van der Waals surface area contributed by atoms with E-state index >= 15 is 0 Å². The van der Waals surface area contributed by atoms with E-state index in [-0.39, 0.29) is 5.57 Å². The lowest BCUT2D eigenvalue weighted by Crippen LogP contribution is -2.01. The standard InChI is InChI=1S/C18H17BrO5/c1-22-15-7-5-13(19)8-12(15)9-14(18(20)21)11-4-6-16(23-2)17(10-11)24-3/h4-10H,1-3H3,(H,20,21)/b14-9-. The van der Waals surface area contributed by atoms with Crippen LogP contribution in [0, 0.1) is 0 Å². The second-order valence-corrected chi connectivity index (χ2v) is 5.73. The van der Waals surface area contributed by atoms with Gasteiger partial charge in [-0.15, -0.1) is 0 Å². The number of hydrogen-bond acceptors (Lipinski definition) is 4. The summed E-state index contributed by atoms with van der Waals surface area (Å²) in [6.45, 7) is 0. The number of carbonyl (C=O) groups is 1. The third-order valence-electron chi connectivity index (χ3n) is 3.42. The molecule has 0 unspecified atom stereocenters. The zero-order chi connectivity index (χ0) is 17.7. The number of benzene rings is 2. The van der Waals surface area contributed by atoms with Crippen molar-refractivity contribution in [2.24, 2.45) is 0 Å². The molecule has 0 spiro atoms. The summed E-state index contributed by atoms with van der Waals surface area (Å²) in [5, 5.41) is 9.62. The minimum atomic E-state index is -1.05. The summed E-state index contributed by atoms with van der Waals surface area (Å²) in [6, 6.07) is 10.4. The largest absolute Gasteiger partial charge is 0.496 e. The number of methoxy groups -OCH3 is 3. The predicted octanol–water partition coefficient (Wildman–Crippen LogP) is 4.10. The Balaban J connectivity index is 2.59. The Morgan fingerprint density at radius 2 is 1.58 bits per heavy atom. The molecule has 0 radical (unpaired) electrons. The van der Waals surface area contributed by atoms with Crippen molar-refractivity contribution in [2.45, 2.75) is 0 Å². The van der Waals surface area contributed by atoms with Crippen LogP contribution in [-0.2, 0) is 4.79 Å². The molecule has 1 N–H and O–H groups in total. The van der Waals surface area contributed by atoms with Crippen molar-refractivity contribution in [3.8, 4) is 17.2 Å². The van der Waals surface area contributed by atoms with Crippen molar-refractivity contribution >= 4 is 33.5 Å². The Morgan fingerprint density at radius 3 is 2.17 bits per heavy atom. The molecule has 5 nitrogen and oxygen atoms in total. The van der Waals surface area contributed by atoms with Crippen LogP contribution in [-0.4, -0.2) is 32.4 Å². The topological polar surface area (TPSA) is 65.0 Å². The van der Waals surface area contributed by atoms with E-state index < -0.39 is 5.97 Å². The summed E-state index contributed by atoms with van der Waals surface area (Å²) in [6.07, 6.45) is 1.56. The van der Waals surface area contributed by atoms with Gasteiger partial charge in [0.05, 0.1) is 26.9 Å². The molecule has 0 aliphatic carbocycles. The van der Waals surface area contributed by atoms with Crippen molar-refractivity contribution in [1.29, 1.82) is 0 Å². The van der Waals surface area contributed by atoms with E-state index in [4.69, 9.17) is 14.2 Å². The summed E-state index contributed by atoms with van der Waals surface area (Å²) in [5.74, 6) is 0.524. The zero-order valence-electron chi connectivity index (χ0n) is 13.5. The Labute approximate surface area is 148 Å². The summed E-state index contributed by atoms with van der Waals surface area (Å²) >= 11 is 3.38. The van der Waals surface area contributed by atoms with Gasteiger partial charge in [0.25, 0.3) is 0 Å². The quantitative estimate of drug-likeness (QED) is 0.592. The molecule has 0 aliphatic rings. The van der Waals surface area contributed by atoms with Crippen molar-refractivity contribution in [1.82, 2.24) is 0 Å². The summed E-state index contributed by atoms with van der Waals surface area (Å²) < 4.78 is 16.5. The molecule has 0 amide bonds. The van der Waals surface area contributed by atoms with Gasteiger partial charge in [-0.05, 0) is 42.0 Å². The third-order valence-corrected chi connectivity index (χ3v) is 3.91. The highest BCUT2D eigenvalue weighted by Gasteiger charge is 2.15. The molecule has 2 aromatic carbocycles. The highest BCUT2D eigenvalue weighted by Crippen LogP contribution is 2.33. The Kier molecular flexibility index (Phi) is 5.87. The van der Waals surface area contributed by atoms with Gasteiger partial charge < -0.3 is 19.3 Å². The average molecular weight is 393 g/mol. The first kappa shape index (κ1) is 17.9. The molecule has 0 aliphatic heterocycles. The van der Waals surface area contributed by atoms with Gasteiger partial charge >= 0.3 is 5.97 Å². The Morgan fingerprint density at radius 1 is 0.958 bits per heavy atom. The molecular formula is C18H17BrO5. The molecule has 0 bridgehead atoms. The predicted molar refractivity (Wildman–Crippen MR) is 95.7 cm³/mol. The number of halogens is 1. The van der Waals surface area contributed by atoms with Crippen LogP contribution in [0.1, 0.15) is 11.1 Å². The van der Waals surface area contributed by atoms with Crippen LogP contribution in [0.15, 0.2) is 40.9 Å². The highest BCUT2D eigenvalue weighted by molar-refractivity contribution is 9.10. The molecule has 0 fully saturated rings. The first-order valence-corrected chi connectivity index (χ1v) is 7.80. The van der Waals surface area contributed by atoms with Crippen molar-refractivity contribution in [3.05, 3.63) is 52.0 Å². The van der Waals surface area contributed by atoms with E-state index in [0.29, 0.717) is 28.4 Å². The van der Waals surface area contributed by atoms with E-state index in [1.54, 1.807) is 36.4 Å². The lowest BCUT2D eigenvalue weighted by Gasteiger charge is -2.11. The molecule has 2 aromatic rings. The van der Waals surface area contributed by atoms with Gasteiger partial charge in [0.15, 0.2) is 11.5 Å². The number of rotatable bonds is 6. The van der Waals surface area contributed by atoms with E-state index in [9.17, 15) is 9.90 Å². The van der Waals surface area contributed by atoms with Gasteiger partial charge in [-0.1, -0.05) is 22.0 Å². The maximum Gasteiger partial charge on any atom is 0.336 e. The SMILES string of the molecule is COc1ccc(Br)cc1/C=C(\C(=O)O)c1ccc(OC)c(OC)c1. The van der Waals surface area contributed by atoms with Crippen LogP contribution >= 0.6 is 15.9 Å². The number of aliphatic carboxylic acids is 1. The van der Waals surface area contributed by atoms with Gasteiger partial charge in [0, 0.05) is 10.0 Å². The fraction of sp³-hybridized carbons (Fsp3) is 0.167. The first-order valence-electron chi connectivity index (χ1n) is 7.01. The maximum absolute atomic E-state index is 11.8. The van der Waals surface area contributed by atoms with Gasteiger partial charge in [0.2, 0.25) is 0 Å². The summed E-state index contributed by atoms with van der Waals surface area (Å²) in [7, 11) is 4.57. The smallest absolute Gasteiger partial charge is 0.336 e. The average Bonchev–Trinajstić information content (AvgIpc) is 2.59. The summed E-state index contributed by atoms with van der Waals surface area (Å²) in [5.41, 5.74) is 1.27. The van der Waals surface area contributed by atoms with Gasteiger partial charge in [-0.2, -0.15) is 0 Å². The lowest BCUT2D eigenvalue weighted by atomic mass is 10.0. The first-order chi connectivity index (χ1) is 11.5. The van der Waals surface area contributed by atoms with Crippen molar-refractivity contribution in [2.75, 3.05) is 21.3 Å². The fourth-order valence-corrected chi connectivity index (χ4v) is 2.62. The lowest BCUT2D eigenvalue weighted by molar-refractivity contribution is -0.130. The summed E-state index contributed by atoms with van der Waals surface area (Å²) in [4.78, 5) is 11.8. The molecule has 0 saturated carbocycles. The Bertz CT molecular complexity index is 783. The van der Waals surface area contributed by atoms with E-state index in [2.05, 4.69) is 15.9 Å². The maximum atomic E-state index is 11.8. The monoisotopic (exact) mass is 392 g/mol. The third kappa shape index (κ3) is 3.89. The minimum absolute atomic E-state index is 0.118. The number of carboxylic acid groups (broad SMARTS) is 1. The van der Waals surface area contributed by atoms with Gasteiger partial charge in [-0.3, -0.25) is 0 Å². The molecule has 0 saturated heterocycles. The van der Waals surface area contributed by atoms with E-state index in [1.165, 1.54) is 21.3 Å². The van der Waals surface area contributed by atoms with E-state index in [1.807, 2.05) is 6.07 Å². The highest BCUT2D eigenvalue weighted by atomic mass is 79.9. The van der Waals surface area contributed by atoms with Crippen LogP contribution in [0.2, 0.25) is 0 Å². The molecule has 2 rings (SSSR count). The number of hydrogen-bond donors (Lipinski definition) is 1. The fourth-order valence-electron chi connectivity index (χ4n) is 2.25. The molecule has 0 aromatic heterocycles. The van der Waals surface area contributed by atoms with Crippen molar-refractivity contribution in [3.63, 3.8) is 0 Å². The van der Waals surface area contributed by atoms with Crippen LogP contribution < -0.4 is 14.2 Å². The molecular weight excluding hydrogens is 376 g/mol. The zero-order valence-corrected chi connectivity index (χ0v) is 15.1. The van der Waals surface area contributed by atoms with Gasteiger partial charge in [-0.25, -0.2) is 4.79 Å². The molecule has 0 atom stereocenters. The van der Waals surface area contributed by atoms with Crippen molar-refractivity contribution < 1.29 is 24.1 Å². The Hall–Kier alpha value is -2.47. The van der Waals surface area contributed by atoms with Crippen LogP contribution in [0.4, 0.5) is 0 Å². The van der Waals surface area contributed by atoms with Crippen LogP contribution in [0.5, 0.6) is 17.2 Å². The number of carboxylic acids is 1. The second kappa shape index (κ2) is 7.88. The van der Waals surface area contributed by atoms with Gasteiger partial charge in [0.1, 0.15) is 5.75 Å².